The summed E-state index contributed by atoms with van der Waals surface area (Å²) in [5, 5.41) is 2.00. The summed E-state index contributed by atoms with van der Waals surface area (Å²) in [4.78, 5) is 12.4. The van der Waals surface area contributed by atoms with E-state index in [1.165, 1.54) is 7.11 Å². The molecular weight excluding hydrogens is 270 g/mol. The van der Waals surface area contributed by atoms with Crippen molar-refractivity contribution in [3.05, 3.63) is 57.8 Å². The first-order valence-electron chi connectivity index (χ1n) is 5.19. The van der Waals surface area contributed by atoms with Crippen LogP contribution in [0.5, 0.6) is 0 Å². The van der Waals surface area contributed by atoms with E-state index in [2.05, 4.69) is 4.74 Å². The lowest BCUT2D eigenvalue weighted by Crippen LogP contribution is -2.10. The van der Waals surface area contributed by atoms with E-state index in [0.717, 1.165) is 10.4 Å². The maximum absolute atomic E-state index is 11.3. The molecule has 0 spiro atoms. The number of carbonyl (C=O) groups is 1. The van der Waals surface area contributed by atoms with Crippen LogP contribution >= 0.6 is 23.7 Å². The molecule has 0 aliphatic carbocycles. The molecule has 96 valence electrons. The maximum Gasteiger partial charge on any atom is 0.337 e. The summed E-state index contributed by atoms with van der Waals surface area (Å²) < 4.78 is 4.64. The highest BCUT2D eigenvalue weighted by molar-refractivity contribution is 7.10. The number of ether oxygens (including phenoxy) is 1. The van der Waals surface area contributed by atoms with Gasteiger partial charge in [-0.15, -0.1) is 23.7 Å². The first-order chi connectivity index (χ1) is 8.22. The van der Waals surface area contributed by atoms with E-state index in [1.54, 1.807) is 23.5 Å². The van der Waals surface area contributed by atoms with Gasteiger partial charge in [-0.2, -0.15) is 0 Å². The summed E-state index contributed by atoms with van der Waals surface area (Å²) in [6.07, 6.45) is 0. The highest BCUT2D eigenvalue weighted by Gasteiger charge is 2.11. The van der Waals surface area contributed by atoms with Crippen LogP contribution < -0.4 is 5.73 Å². The fourth-order valence-electron chi connectivity index (χ4n) is 1.58. The molecule has 0 saturated carbocycles. The number of methoxy groups -OCH3 is 1. The van der Waals surface area contributed by atoms with Crippen LogP contribution in [-0.2, 0) is 4.74 Å². The van der Waals surface area contributed by atoms with Crippen molar-refractivity contribution in [3.63, 3.8) is 0 Å². The topological polar surface area (TPSA) is 52.3 Å². The Morgan fingerprint density at radius 1 is 1.28 bits per heavy atom. The quantitative estimate of drug-likeness (QED) is 0.881. The van der Waals surface area contributed by atoms with Crippen molar-refractivity contribution >= 4 is 29.7 Å². The van der Waals surface area contributed by atoms with Gasteiger partial charge in [-0.1, -0.05) is 18.2 Å². The van der Waals surface area contributed by atoms with Crippen LogP contribution in [-0.4, -0.2) is 13.1 Å². The standard InChI is InChI=1S/C13H13NO2S.ClH/c1-16-13(15)10-6-4-9(5-7-10)12(14)11-3-2-8-17-11;/h2-8,12H,14H2,1H3;1H/t12-;/m0./s1. The van der Waals surface area contributed by atoms with E-state index < -0.39 is 0 Å². The number of rotatable bonds is 3. The number of carbonyl (C=O) groups excluding carboxylic acids is 1. The molecule has 1 aromatic carbocycles. The minimum Gasteiger partial charge on any atom is -0.465 e. The summed E-state index contributed by atoms with van der Waals surface area (Å²) in [5.41, 5.74) is 7.64. The molecular formula is C13H14ClNO2S. The molecule has 0 bridgehead atoms. The molecule has 1 aromatic heterocycles. The molecule has 0 amide bonds. The van der Waals surface area contributed by atoms with Crippen LogP contribution in [0.25, 0.3) is 0 Å². The van der Waals surface area contributed by atoms with Crippen LogP contribution in [0.1, 0.15) is 26.8 Å². The maximum atomic E-state index is 11.3. The van der Waals surface area contributed by atoms with Gasteiger partial charge in [0, 0.05) is 4.88 Å². The lowest BCUT2D eigenvalue weighted by Gasteiger charge is -2.10. The molecule has 0 fully saturated rings. The Hall–Kier alpha value is -1.36. The van der Waals surface area contributed by atoms with Gasteiger partial charge in [-0.25, -0.2) is 4.79 Å². The SMILES string of the molecule is COC(=O)c1ccc([C@H](N)c2cccs2)cc1.Cl. The van der Waals surface area contributed by atoms with E-state index >= 15 is 0 Å². The van der Waals surface area contributed by atoms with Gasteiger partial charge in [0.25, 0.3) is 0 Å². The normalized spacial score (nSPS) is 11.4. The monoisotopic (exact) mass is 283 g/mol. The number of nitrogens with two attached hydrogens (primary N) is 1. The Balaban J connectivity index is 0.00000162. The van der Waals surface area contributed by atoms with Gasteiger partial charge in [0.15, 0.2) is 0 Å². The first kappa shape index (κ1) is 14.7. The smallest absolute Gasteiger partial charge is 0.337 e. The first-order valence-corrected chi connectivity index (χ1v) is 6.07. The van der Waals surface area contributed by atoms with Crippen molar-refractivity contribution in [3.8, 4) is 0 Å². The highest BCUT2D eigenvalue weighted by atomic mass is 35.5. The van der Waals surface area contributed by atoms with E-state index in [-0.39, 0.29) is 24.4 Å². The van der Waals surface area contributed by atoms with Crippen LogP contribution in [0.3, 0.4) is 0 Å². The van der Waals surface area contributed by atoms with Crippen molar-refractivity contribution in [2.45, 2.75) is 6.04 Å². The predicted molar refractivity (Wildman–Crippen MR) is 75.4 cm³/mol. The summed E-state index contributed by atoms with van der Waals surface area (Å²) in [5.74, 6) is -0.332. The molecule has 18 heavy (non-hydrogen) atoms. The highest BCUT2D eigenvalue weighted by Crippen LogP contribution is 2.23. The summed E-state index contributed by atoms with van der Waals surface area (Å²) in [7, 11) is 1.37. The van der Waals surface area contributed by atoms with E-state index in [4.69, 9.17) is 5.73 Å². The van der Waals surface area contributed by atoms with Crippen molar-refractivity contribution in [1.29, 1.82) is 0 Å². The Bertz CT molecular complexity index is 496. The van der Waals surface area contributed by atoms with E-state index in [0.29, 0.717) is 5.56 Å². The number of hydrogen-bond donors (Lipinski definition) is 1. The second-order valence-corrected chi connectivity index (χ2v) is 4.59. The lowest BCUT2D eigenvalue weighted by atomic mass is 10.0. The Labute approximate surface area is 116 Å². The zero-order valence-electron chi connectivity index (χ0n) is 9.83. The number of halogens is 1. The lowest BCUT2D eigenvalue weighted by molar-refractivity contribution is 0.0600. The van der Waals surface area contributed by atoms with E-state index in [9.17, 15) is 4.79 Å². The Kier molecular flexibility index (Phi) is 5.34. The van der Waals surface area contributed by atoms with E-state index in [1.807, 2.05) is 29.6 Å². The number of esters is 1. The predicted octanol–water partition coefficient (Wildman–Crippen LogP) is 3.00. The van der Waals surface area contributed by atoms with Gasteiger partial charge in [0.2, 0.25) is 0 Å². The zero-order chi connectivity index (χ0) is 12.3. The van der Waals surface area contributed by atoms with Crippen LogP contribution in [0.2, 0.25) is 0 Å². The fraction of sp³-hybridized carbons (Fsp3) is 0.154. The summed E-state index contributed by atoms with van der Waals surface area (Å²) in [6, 6.07) is 11.0. The third-order valence-electron chi connectivity index (χ3n) is 2.54. The van der Waals surface area contributed by atoms with Gasteiger partial charge in [0.1, 0.15) is 0 Å². The average molecular weight is 284 g/mol. The molecule has 0 unspecified atom stereocenters. The summed E-state index contributed by atoms with van der Waals surface area (Å²) in [6.45, 7) is 0. The largest absolute Gasteiger partial charge is 0.465 e. The molecule has 1 heterocycles. The van der Waals surface area contributed by atoms with Crippen LogP contribution in [0.15, 0.2) is 41.8 Å². The number of hydrogen-bond acceptors (Lipinski definition) is 4. The van der Waals surface area contributed by atoms with Crippen molar-refractivity contribution in [2.24, 2.45) is 5.73 Å². The minimum absolute atomic E-state index is 0. The molecule has 0 aliphatic heterocycles. The second kappa shape index (κ2) is 6.54. The second-order valence-electron chi connectivity index (χ2n) is 3.61. The Morgan fingerprint density at radius 2 is 1.94 bits per heavy atom. The summed E-state index contributed by atoms with van der Waals surface area (Å²) >= 11 is 1.62. The average Bonchev–Trinajstić information content (AvgIpc) is 2.91. The third kappa shape index (κ3) is 3.10. The minimum atomic E-state index is -0.332. The van der Waals surface area contributed by atoms with Gasteiger partial charge in [-0.3, -0.25) is 0 Å². The Morgan fingerprint density at radius 3 is 2.44 bits per heavy atom. The molecule has 0 saturated heterocycles. The number of benzene rings is 1. The molecule has 0 radical (unpaired) electrons. The zero-order valence-corrected chi connectivity index (χ0v) is 11.5. The van der Waals surface area contributed by atoms with Gasteiger partial charge < -0.3 is 10.5 Å². The van der Waals surface area contributed by atoms with Crippen molar-refractivity contribution in [2.75, 3.05) is 7.11 Å². The van der Waals surface area contributed by atoms with Crippen LogP contribution in [0, 0.1) is 0 Å². The van der Waals surface area contributed by atoms with Gasteiger partial charge >= 0.3 is 5.97 Å². The van der Waals surface area contributed by atoms with Crippen molar-refractivity contribution in [1.82, 2.24) is 0 Å². The van der Waals surface area contributed by atoms with Crippen LogP contribution in [0.4, 0.5) is 0 Å². The number of thiophene rings is 1. The molecule has 2 aromatic rings. The van der Waals surface area contributed by atoms with Crippen molar-refractivity contribution < 1.29 is 9.53 Å². The molecule has 2 N–H and O–H groups in total. The molecule has 1 atom stereocenters. The molecule has 0 aliphatic rings. The van der Waals surface area contributed by atoms with Gasteiger partial charge in [-0.05, 0) is 29.1 Å². The third-order valence-corrected chi connectivity index (χ3v) is 3.50. The molecule has 3 nitrogen and oxygen atoms in total. The molecule has 5 heteroatoms. The fourth-order valence-corrected chi connectivity index (χ4v) is 2.33. The molecule has 2 rings (SSSR count). The van der Waals surface area contributed by atoms with Gasteiger partial charge in [0.05, 0.1) is 18.7 Å².